The van der Waals surface area contributed by atoms with Crippen LogP contribution in [0.3, 0.4) is 0 Å². The molecule has 4 heteroatoms. The lowest BCUT2D eigenvalue weighted by Gasteiger charge is -2.19. The highest BCUT2D eigenvalue weighted by molar-refractivity contribution is 5.83. The molecule has 0 spiro atoms. The van der Waals surface area contributed by atoms with Crippen molar-refractivity contribution in [2.45, 2.75) is 38.7 Å². The lowest BCUT2D eigenvalue weighted by Crippen LogP contribution is -2.28. The minimum Gasteiger partial charge on any atom is -0.489 e. The Morgan fingerprint density at radius 1 is 1.08 bits per heavy atom. The van der Waals surface area contributed by atoms with E-state index in [4.69, 9.17) is 4.74 Å². The minimum absolute atomic E-state index is 0.0347. The maximum atomic E-state index is 12.1. The van der Waals surface area contributed by atoms with Crippen molar-refractivity contribution in [2.24, 2.45) is 11.0 Å². The molecule has 1 aliphatic carbocycles. The summed E-state index contributed by atoms with van der Waals surface area (Å²) < 4.78 is 5.81. The molecule has 2 aromatic carbocycles. The highest BCUT2D eigenvalue weighted by Crippen LogP contribution is 2.23. The summed E-state index contributed by atoms with van der Waals surface area (Å²) in [5.74, 6) is 0.935. The summed E-state index contributed by atoms with van der Waals surface area (Å²) in [5, 5.41) is 4.10. The van der Waals surface area contributed by atoms with Crippen LogP contribution in [0.4, 0.5) is 0 Å². The van der Waals surface area contributed by atoms with E-state index in [1.165, 1.54) is 6.42 Å². The van der Waals surface area contributed by atoms with E-state index >= 15 is 0 Å². The van der Waals surface area contributed by atoms with E-state index in [0.29, 0.717) is 6.61 Å². The maximum Gasteiger partial charge on any atom is 0.243 e. The molecule has 3 rings (SSSR count). The maximum absolute atomic E-state index is 12.1. The van der Waals surface area contributed by atoms with Gasteiger partial charge >= 0.3 is 0 Å². The van der Waals surface area contributed by atoms with Crippen LogP contribution in [0.25, 0.3) is 0 Å². The summed E-state index contributed by atoms with van der Waals surface area (Å²) in [6.07, 6.45) is 7.14. The van der Waals surface area contributed by atoms with Crippen LogP contribution in [-0.4, -0.2) is 12.1 Å². The number of hydrogen-bond acceptors (Lipinski definition) is 3. The van der Waals surface area contributed by atoms with Crippen LogP contribution in [0, 0.1) is 5.92 Å². The molecular weight excluding hydrogens is 312 g/mol. The van der Waals surface area contributed by atoms with E-state index in [1.54, 1.807) is 6.21 Å². The highest BCUT2D eigenvalue weighted by Gasteiger charge is 2.20. The molecule has 0 heterocycles. The van der Waals surface area contributed by atoms with Gasteiger partial charge in [0.25, 0.3) is 0 Å². The molecule has 0 bridgehead atoms. The number of amides is 1. The first-order valence-electron chi connectivity index (χ1n) is 8.91. The zero-order valence-corrected chi connectivity index (χ0v) is 14.4. The molecular formula is C21H24N2O2. The van der Waals surface area contributed by atoms with Crippen molar-refractivity contribution in [3.8, 4) is 5.75 Å². The average Bonchev–Trinajstić information content (AvgIpc) is 2.68. The van der Waals surface area contributed by atoms with Gasteiger partial charge in [0.05, 0.1) is 6.21 Å². The van der Waals surface area contributed by atoms with Crippen LogP contribution in [0.15, 0.2) is 59.7 Å². The number of benzene rings is 2. The number of rotatable bonds is 6. The van der Waals surface area contributed by atoms with Gasteiger partial charge in [0.1, 0.15) is 12.4 Å². The standard InChI is InChI=1S/C21H24N2O2/c24-21(19-11-5-2-6-12-19)23-22-15-18-10-7-13-20(14-18)25-16-17-8-3-1-4-9-17/h1,3-4,7-10,13-15,19H,2,5-6,11-12,16H2,(H,23,24)/b22-15-. The van der Waals surface area contributed by atoms with Crippen molar-refractivity contribution in [3.05, 3.63) is 65.7 Å². The van der Waals surface area contributed by atoms with E-state index in [0.717, 1.165) is 42.6 Å². The van der Waals surface area contributed by atoms with E-state index in [9.17, 15) is 4.79 Å². The van der Waals surface area contributed by atoms with Crippen molar-refractivity contribution >= 4 is 12.1 Å². The first-order chi connectivity index (χ1) is 12.3. The number of carbonyl (C=O) groups is 1. The summed E-state index contributed by atoms with van der Waals surface area (Å²) in [6, 6.07) is 17.7. The lowest BCUT2D eigenvalue weighted by molar-refractivity contribution is -0.125. The molecule has 0 aliphatic heterocycles. The van der Waals surface area contributed by atoms with Crippen LogP contribution in [0.5, 0.6) is 5.75 Å². The first kappa shape index (κ1) is 17.2. The predicted octanol–water partition coefficient (Wildman–Crippen LogP) is 4.30. The van der Waals surface area contributed by atoms with Gasteiger partial charge in [-0.3, -0.25) is 4.79 Å². The summed E-state index contributed by atoms with van der Waals surface area (Å²) in [7, 11) is 0. The second kappa shape index (κ2) is 9.02. The van der Waals surface area contributed by atoms with Gasteiger partial charge in [0.2, 0.25) is 5.91 Å². The Labute approximate surface area is 148 Å². The van der Waals surface area contributed by atoms with Crippen LogP contribution in [0.1, 0.15) is 43.2 Å². The number of hydrazone groups is 1. The second-order valence-corrected chi connectivity index (χ2v) is 6.42. The minimum atomic E-state index is 0.0347. The van der Waals surface area contributed by atoms with E-state index < -0.39 is 0 Å². The fourth-order valence-electron chi connectivity index (χ4n) is 3.05. The molecule has 130 valence electrons. The number of carbonyl (C=O) groups excluding carboxylic acids is 1. The molecule has 1 amide bonds. The van der Waals surface area contributed by atoms with Gasteiger partial charge in [-0.05, 0) is 36.1 Å². The number of nitrogens with one attached hydrogen (secondary N) is 1. The molecule has 1 fully saturated rings. The predicted molar refractivity (Wildman–Crippen MR) is 99.5 cm³/mol. The fourth-order valence-corrected chi connectivity index (χ4v) is 3.05. The molecule has 25 heavy (non-hydrogen) atoms. The van der Waals surface area contributed by atoms with E-state index in [1.807, 2.05) is 54.6 Å². The second-order valence-electron chi connectivity index (χ2n) is 6.42. The summed E-state index contributed by atoms with van der Waals surface area (Å²) in [5.41, 5.74) is 4.69. The molecule has 0 aromatic heterocycles. The summed E-state index contributed by atoms with van der Waals surface area (Å²) >= 11 is 0. The SMILES string of the molecule is O=C(N/N=C\c1cccc(OCc2ccccc2)c1)C1CCCCC1. The molecule has 1 aliphatic rings. The van der Waals surface area contributed by atoms with Crippen LogP contribution < -0.4 is 10.2 Å². The average molecular weight is 336 g/mol. The van der Waals surface area contributed by atoms with Gasteiger partial charge in [0, 0.05) is 5.92 Å². The lowest BCUT2D eigenvalue weighted by atomic mass is 9.89. The Bertz CT molecular complexity index is 707. The number of hydrogen-bond donors (Lipinski definition) is 1. The molecule has 0 saturated heterocycles. The topological polar surface area (TPSA) is 50.7 Å². The van der Waals surface area contributed by atoms with Gasteiger partial charge in [-0.1, -0.05) is 61.7 Å². The number of ether oxygens (including phenoxy) is 1. The molecule has 2 aromatic rings. The van der Waals surface area contributed by atoms with Crippen molar-refractivity contribution in [1.29, 1.82) is 0 Å². The van der Waals surface area contributed by atoms with E-state index in [-0.39, 0.29) is 11.8 Å². The van der Waals surface area contributed by atoms with Crippen molar-refractivity contribution < 1.29 is 9.53 Å². The first-order valence-corrected chi connectivity index (χ1v) is 8.91. The van der Waals surface area contributed by atoms with Crippen LogP contribution >= 0.6 is 0 Å². The van der Waals surface area contributed by atoms with E-state index in [2.05, 4.69) is 10.5 Å². The third-order valence-electron chi connectivity index (χ3n) is 4.47. The number of nitrogens with zero attached hydrogens (tertiary/aromatic N) is 1. The molecule has 0 atom stereocenters. The fraction of sp³-hybridized carbons (Fsp3) is 0.333. The van der Waals surface area contributed by atoms with Gasteiger partial charge in [-0.2, -0.15) is 5.10 Å². The smallest absolute Gasteiger partial charge is 0.243 e. The van der Waals surface area contributed by atoms with Crippen molar-refractivity contribution in [2.75, 3.05) is 0 Å². The third-order valence-corrected chi connectivity index (χ3v) is 4.47. The third kappa shape index (κ3) is 5.45. The zero-order chi connectivity index (χ0) is 17.3. The Morgan fingerprint density at radius 2 is 1.88 bits per heavy atom. The largest absolute Gasteiger partial charge is 0.489 e. The van der Waals surface area contributed by atoms with Gasteiger partial charge in [-0.25, -0.2) is 5.43 Å². The highest BCUT2D eigenvalue weighted by atomic mass is 16.5. The summed E-state index contributed by atoms with van der Waals surface area (Å²) in [6.45, 7) is 0.528. The summed E-state index contributed by atoms with van der Waals surface area (Å²) in [4.78, 5) is 12.1. The van der Waals surface area contributed by atoms with Gasteiger partial charge < -0.3 is 4.74 Å². The quantitative estimate of drug-likeness (QED) is 0.632. The molecule has 1 N–H and O–H groups in total. The molecule has 0 radical (unpaired) electrons. The molecule has 4 nitrogen and oxygen atoms in total. The zero-order valence-electron chi connectivity index (χ0n) is 14.4. The molecule has 0 unspecified atom stereocenters. The monoisotopic (exact) mass is 336 g/mol. The van der Waals surface area contributed by atoms with Gasteiger partial charge in [-0.15, -0.1) is 0 Å². The Kier molecular flexibility index (Phi) is 6.21. The van der Waals surface area contributed by atoms with Gasteiger partial charge in [0.15, 0.2) is 0 Å². The normalized spacial score (nSPS) is 15.2. The van der Waals surface area contributed by atoms with Crippen LogP contribution in [0.2, 0.25) is 0 Å². The Balaban J connectivity index is 1.51. The van der Waals surface area contributed by atoms with Crippen LogP contribution in [-0.2, 0) is 11.4 Å². The molecule has 1 saturated carbocycles. The Hall–Kier alpha value is -2.62. The van der Waals surface area contributed by atoms with Crippen molar-refractivity contribution in [1.82, 2.24) is 5.43 Å². The Morgan fingerprint density at radius 3 is 2.68 bits per heavy atom. The van der Waals surface area contributed by atoms with Crippen molar-refractivity contribution in [3.63, 3.8) is 0 Å².